The summed E-state index contributed by atoms with van der Waals surface area (Å²) in [6.45, 7) is -0.173. The maximum atomic E-state index is 14.7. The van der Waals surface area contributed by atoms with E-state index in [4.69, 9.17) is 0 Å². The Kier molecular flexibility index (Phi) is 7.81. The normalized spacial score (nSPS) is 17.6. The van der Waals surface area contributed by atoms with E-state index < -0.39 is 11.6 Å². The van der Waals surface area contributed by atoms with Crippen LogP contribution in [-0.4, -0.2) is 47.0 Å². The molecular weight excluding hydrogens is 615 g/mol. The molecule has 0 saturated heterocycles. The molecule has 9 nitrogen and oxygen atoms in total. The number of carbonyl (C=O) groups is 1. The smallest absolute Gasteiger partial charge is 0.270 e. The lowest BCUT2D eigenvalue weighted by Crippen LogP contribution is -2.42. The van der Waals surface area contributed by atoms with Crippen LogP contribution in [0.2, 0.25) is 0 Å². The molecule has 0 spiro atoms. The average Bonchev–Trinajstić information content (AvgIpc) is 3.28. The fraction of sp³-hybridized carbons (Fsp3) is 0.292. The van der Waals surface area contributed by atoms with Gasteiger partial charge in [-0.1, -0.05) is 0 Å². The van der Waals surface area contributed by atoms with Gasteiger partial charge in [0.15, 0.2) is 23.1 Å². The second-order valence-corrected chi connectivity index (χ2v) is 10.5. The first-order chi connectivity index (χ1) is 17.9. The third-order valence-corrected chi connectivity index (χ3v) is 7.93. The van der Waals surface area contributed by atoms with Crippen LogP contribution in [-0.2, 0) is 6.61 Å². The van der Waals surface area contributed by atoms with Crippen molar-refractivity contribution in [2.75, 3.05) is 5.32 Å². The predicted molar refractivity (Wildman–Crippen MR) is 145 cm³/mol. The molecule has 4 aromatic heterocycles. The Hall–Kier alpha value is -2.91. The number of pyridine rings is 2. The number of carbonyl (C=O) groups excluding carboxylic acids is 1. The molecule has 1 saturated carbocycles. The molecule has 5 rings (SSSR count). The zero-order valence-electron chi connectivity index (χ0n) is 19.4. The van der Waals surface area contributed by atoms with Gasteiger partial charge in [-0.05, 0) is 49.4 Å². The number of halogens is 3. The third kappa shape index (κ3) is 5.67. The van der Waals surface area contributed by atoms with Gasteiger partial charge in [-0.25, -0.2) is 23.7 Å². The summed E-state index contributed by atoms with van der Waals surface area (Å²) in [5.41, 5.74) is 1.95. The molecule has 1 fully saturated rings. The van der Waals surface area contributed by atoms with Crippen LogP contribution >= 0.6 is 30.3 Å². The summed E-state index contributed by atoms with van der Waals surface area (Å²) in [5.74, 6) is -1.11. The van der Waals surface area contributed by atoms with Crippen LogP contribution < -0.4 is 10.6 Å². The van der Waals surface area contributed by atoms with E-state index in [2.05, 4.69) is 51.8 Å². The molecule has 0 aromatic carbocycles. The van der Waals surface area contributed by atoms with Gasteiger partial charge in [0.2, 0.25) is 0 Å². The number of hydrogen-bond acceptors (Lipinski definition) is 8. The van der Waals surface area contributed by atoms with Gasteiger partial charge in [0.25, 0.3) is 5.91 Å². The number of nitrogens with zero attached hydrogens (tertiary/aromatic N) is 5. The molecule has 3 N–H and O–H groups in total. The highest BCUT2D eigenvalue weighted by Crippen LogP contribution is 2.33. The van der Waals surface area contributed by atoms with Crippen molar-refractivity contribution in [1.82, 2.24) is 29.2 Å². The van der Waals surface area contributed by atoms with Crippen LogP contribution in [0, 0.1) is 11.6 Å². The van der Waals surface area contributed by atoms with E-state index in [1.165, 1.54) is 21.4 Å². The van der Waals surface area contributed by atoms with E-state index in [-0.39, 0.29) is 41.9 Å². The van der Waals surface area contributed by atoms with Gasteiger partial charge >= 0.3 is 0 Å². The summed E-state index contributed by atoms with van der Waals surface area (Å²) in [5, 5.41) is 16.0. The second kappa shape index (κ2) is 11.2. The van der Waals surface area contributed by atoms with Crippen molar-refractivity contribution in [1.29, 1.82) is 0 Å². The van der Waals surface area contributed by atoms with Crippen LogP contribution in [0.4, 0.5) is 14.6 Å². The summed E-state index contributed by atoms with van der Waals surface area (Å²) in [6, 6.07) is 4.31. The van der Waals surface area contributed by atoms with Crippen LogP contribution in [0.15, 0.2) is 43.0 Å². The maximum absolute atomic E-state index is 14.7. The van der Waals surface area contributed by atoms with E-state index in [0.29, 0.717) is 28.6 Å². The van der Waals surface area contributed by atoms with Crippen LogP contribution in [0.5, 0.6) is 0 Å². The van der Waals surface area contributed by atoms with E-state index in [1.807, 2.05) is 0 Å². The zero-order chi connectivity index (χ0) is 25.9. The molecule has 192 valence electrons. The standard InChI is InChI=1S/C24H22F2IN7O2S/c25-14-7-17-18(11-34(37-27)23(17)30-9-14)21-29-10-19(26)22(33-21)31-15-2-1-3-16(8-15)32-24(36)20-6-13(12-35)4-5-28-20/h4-7,9-11,15-16,35H,1-3,8,12H2,(H,32,36)(H,29,31,33)/t15-,16+/m0/s1. The molecule has 37 heavy (non-hydrogen) atoms. The SMILES string of the molecule is O=C(N[C@@H]1CCC[C@H](Nc2nc(-c3cn(SI)c4ncc(F)cc34)ncc2F)C1)c1cc(CO)ccn1. The first-order valence-electron chi connectivity index (χ1n) is 11.6. The number of rotatable bonds is 7. The van der Waals surface area contributed by atoms with E-state index in [0.717, 1.165) is 31.7 Å². The molecule has 0 bridgehead atoms. The molecule has 0 unspecified atom stereocenters. The van der Waals surface area contributed by atoms with Crippen molar-refractivity contribution in [3.63, 3.8) is 0 Å². The van der Waals surface area contributed by atoms with E-state index in [1.54, 1.807) is 22.3 Å². The molecule has 13 heteroatoms. The number of nitrogens with one attached hydrogen (secondary N) is 2. The lowest BCUT2D eigenvalue weighted by atomic mass is 9.91. The van der Waals surface area contributed by atoms with E-state index in [9.17, 15) is 18.7 Å². The molecule has 0 aliphatic heterocycles. The van der Waals surface area contributed by atoms with Crippen LogP contribution in [0.25, 0.3) is 22.4 Å². The Morgan fingerprint density at radius 1 is 1.19 bits per heavy atom. The molecule has 1 aliphatic rings. The molecule has 4 aromatic rings. The lowest BCUT2D eigenvalue weighted by Gasteiger charge is -2.30. The highest BCUT2D eigenvalue weighted by atomic mass is 127. The van der Waals surface area contributed by atoms with Crippen molar-refractivity contribution < 1.29 is 18.7 Å². The molecule has 4 heterocycles. The number of fused-ring (bicyclic) bond motifs is 1. The quantitative estimate of drug-likeness (QED) is 0.251. The minimum absolute atomic E-state index is 0.0479. The van der Waals surface area contributed by atoms with Crippen LogP contribution in [0.3, 0.4) is 0 Å². The zero-order valence-corrected chi connectivity index (χ0v) is 22.3. The molecular formula is C24H22F2IN7O2S. The summed E-state index contributed by atoms with van der Waals surface area (Å²) >= 11 is 2.10. The van der Waals surface area contributed by atoms with Gasteiger partial charge in [-0.15, -0.1) is 0 Å². The lowest BCUT2D eigenvalue weighted by molar-refractivity contribution is 0.0921. The Morgan fingerprint density at radius 3 is 2.84 bits per heavy atom. The number of hydrogen-bond donors (Lipinski definition) is 3. The summed E-state index contributed by atoms with van der Waals surface area (Å²) < 4.78 is 30.4. The fourth-order valence-electron chi connectivity index (χ4n) is 4.48. The summed E-state index contributed by atoms with van der Waals surface area (Å²) in [7, 11) is 1.37. The summed E-state index contributed by atoms with van der Waals surface area (Å²) in [4.78, 5) is 29.5. The number of aromatic nitrogens is 5. The highest BCUT2D eigenvalue weighted by Gasteiger charge is 2.26. The Balaban J connectivity index is 1.33. The number of amides is 1. The van der Waals surface area contributed by atoms with Gasteiger partial charge < -0.3 is 15.7 Å². The van der Waals surface area contributed by atoms with E-state index >= 15 is 0 Å². The fourth-order valence-corrected chi connectivity index (χ4v) is 5.74. The van der Waals surface area contributed by atoms with Crippen molar-refractivity contribution in [3.05, 3.63) is 65.9 Å². The van der Waals surface area contributed by atoms with Crippen LogP contribution in [0.1, 0.15) is 41.7 Å². The van der Waals surface area contributed by atoms with Crippen molar-refractivity contribution in [2.45, 2.75) is 44.4 Å². The summed E-state index contributed by atoms with van der Waals surface area (Å²) in [6.07, 6.45) is 8.45. The molecule has 1 amide bonds. The largest absolute Gasteiger partial charge is 0.392 e. The van der Waals surface area contributed by atoms with Crippen molar-refractivity contribution in [3.8, 4) is 11.4 Å². The van der Waals surface area contributed by atoms with Crippen molar-refractivity contribution in [2.24, 2.45) is 0 Å². The Morgan fingerprint density at radius 2 is 2.03 bits per heavy atom. The van der Waals surface area contributed by atoms with Gasteiger partial charge in [0.05, 0.1) is 19.0 Å². The topological polar surface area (TPSA) is 118 Å². The highest BCUT2D eigenvalue weighted by molar-refractivity contribution is 14.2. The Labute approximate surface area is 227 Å². The maximum Gasteiger partial charge on any atom is 0.270 e. The second-order valence-electron chi connectivity index (χ2n) is 8.74. The van der Waals surface area contributed by atoms with Crippen molar-refractivity contribution >= 4 is 53.1 Å². The van der Waals surface area contributed by atoms with Gasteiger partial charge in [0, 0.05) is 65.8 Å². The van der Waals surface area contributed by atoms with Gasteiger partial charge in [-0.3, -0.25) is 13.8 Å². The predicted octanol–water partition coefficient (Wildman–Crippen LogP) is 4.66. The first kappa shape index (κ1) is 25.7. The average molecular weight is 637 g/mol. The van der Waals surface area contributed by atoms with Gasteiger partial charge in [0.1, 0.15) is 11.5 Å². The number of aliphatic hydroxyl groups excluding tert-OH is 1. The monoisotopic (exact) mass is 637 g/mol. The van der Waals surface area contributed by atoms with Gasteiger partial charge in [-0.2, -0.15) is 0 Å². The molecule has 1 aliphatic carbocycles. The first-order valence-corrected chi connectivity index (χ1v) is 14.9. The third-order valence-electron chi connectivity index (χ3n) is 6.23. The Bertz CT molecular complexity index is 1450. The minimum atomic E-state index is -0.601. The number of anilines is 1. The minimum Gasteiger partial charge on any atom is -0.392 e. The molecule has 2 atom stereocenters. The number of aliphatic hydroxyl groups is 1. The molecule has 0 radical (unpaired) electrons.